The molecule has 0 aliphatic heterocycles. The predicted octanol–water partition coefficient (Wildman–Crippen LogP) is 2.16. The molecule has 0 saturated heterocycles. The summed E-state index contributed by atoms with van der Waals surface area (Å²) < 4.78 is 0. The first-order chi connectivity index (χ1) is 14.7. The number of nitrogens with two attached hydrogens (primary N) is 4. The monoisotopic (exact) mass is 582 g/mol. The second-order valence-corrected chi connectivity index (χ2v) is 6.50. The zero-order valence-corrected chi connectivity index (χ0v) is 21.6. The average Bonchev–Trinajstić information content (AvgIpc) is 2.75. The van der Waals surface area contributed by atoms with Crippen LogP contribution < -0.4 is 33.6 Å². The number of guanidine groups is 2. The molecule has 0 radical (unpaired) electrons. The Labute approximate surface area is 213 Å². The maximum absolute atomic E-state index is 12.2. The first-order valence-corrected chi connectivity index (χ1v) is 9.25. The first-order valence-electron chi connectivity index (χ1n) is 9.25. The van der Waals surface area contributed by atoms with E-state index in [1.54, 1.807) is 26.0 Å². The van der Waals surface area contributed by atoms with Gasteiger partial charge in [-0.1, -0.05) is 36.4 Å². The molecule has 33 heavy (non-hydrogen) atoms. The quantitative estimate of drug-likeness (QED) is 0.165. The van der Waals surface area contributed by atoms with E-state index in [2.05, 4.69) is 31.0 Å². The Morgan fingerprint density at radius 3 is 1.58 bits per heavy atom. The van der Waals surface area contributed by atoms with Crippen molar-refractivity contribution in [2.75, 3.05) is 5.32 Å². The van der Waals surface area contributed by atoms with Gasteiger partial charge in [-0.05, 0) is 42.7 Å². The number of carbonyl (C=O) groups is 1. The van der Waals surface area contributed by atoms with E-state index in [-0.39, 0.29) is 51.9 Å². The van der Waals surface area contributed by atoms with Crippen molar-refractivity contribution < 1.29 is 4.79 Å². The molecule has 0 fully saturated rings. The largest absolute Gasteiger partial charge is 0.369 e. The molecule has 178 valence electrons. The second kappa shape index (κ2) is 14.6. The molecule has 0 aliphatic rings. The van der Waals surface area contributed by atoms with Crippen LogP contribution in [0.1, 0.15) is 30.5 Å². The lowest BCUT2D eigenvalue weighted by molar-refractivity contribution is 0.251. The van der Waals surface area contributed by atoms with E-state index in [9.17, 15) is 4.79 Å². The highest BCUT2D eigenvalue weighted by Gasteiger charge is 2.04. The fraction of sp³-hybridized carbons (Fsp3) is 0.150. The zero-order chi connectivity index (χ0) is 22.8. The van der Waals surface area contributed by atoms with Crippen molar-refractivity contribution in [2.24, 2.45) is 43.3 Å². The summed E-state index contributed by atoms with van der Waals surface area (Å²) in [4.78, 5) is 12.2. The Balaban J connectivity index is 0.00000512. The minimum atomic E-state index is -0.326. The Bertz CT molecular complexity index is 1020. The van der Waals surface area contributed by atoms with Gasteiger partial charge in [-0.2, -0.15) is 10.2 Å². The van der Waals surface area contributed by atoms with Gasteiger partial charge in [0, 0.05) is 12.2 Å². The lowest BCUT2D eigenvalue weighted by Gasteiger charge is -2.09. The zero-order valence-electron chi connectivity index (χ0n) is 18.1. The predicted molar refractivity (Wildman–Crippen MR) is 145 cm³/mol. The molecule has 0 spiro atoms. The number of benzene rings is 2. The minimum absolute atomic E-state index is 0. The van der Waals surface area contributed by atoms with Crippen molar-refractivity contribution in [1.82, 2.24) is 5.32 Å². The number of nitrogens with zero attached hydrogens (tertiary/aromatic N) is 4. The van der Waals surface area contributed by atoms with Gasteiger partial charge in [0.2, 0.25) is 11.9 Å². The van der Waals surface area contributed by atoms with Gasteiger partial charge < -0.3 is 33.6 Å². The summed E-state index contributed by atoms with van der Waals surface area (Å²) in [6.07, 6.45) is 0. The smallest absolute Gasteiger partial charge is 0.319 e. The van der Waals surface area contributed by atoms with Gasteiger partial charge >= 0.3 is 6.03 Å². The summed E-state index contributed by atoms with van der Waals surface area (Å²) in [5.41, 5.74) is 25.6. The summed E-state index contributed by atoms with van der Waals surface area (Å²) in [7, 11) is 0. The maximum atomic E-state index is 12.2. The van der Waals surface area contributed by atoms with Gasteiger partial charge in [0.05, 0.1) is 11.4 Å². The molecule has 2 aromatic carbocycles. The highest BCUT2D eigenvalue weighted by Crippen LogP contribution is 2.11. The SMILES string of the molecule is Br.Br.C/C(=N/N=C(N)N)c1ccc(NC(=O)NCc2ccc(/C(C)=N/N=C(N)N)cc2)cc1. The first kappa shape index (κ1) is 29.5. The number of rotatable bonds is 7. The van der Waals surface area contributed by atoms with Crippen LogP contribution in [0.15, 0.2) is 68.9 Å². The van der Waals surface area contributed by atoms with E-state index in [0.29, 0.717) is 23.7 Å². The lowest BCUT2D eigenvalue weighted by atomic mass is 10.1. The molecule has 0 saturated carbocycles. The van der Waals surface area contributed by atoms with E-state index >= 15 is 0 Å². The number of halogens is 2. The number of urea groups is 1. The van der Waals surface area contributed by atoms with Crippen LogP contribution in [-0.4, -0.2) is 29.4 Å². The van der Waals surface area contributed by atoms with Gasteiger partial charge in [-0.25, -0.2) is 4.79 Å². The average molecular weight is 584 g/mol. The highest BCUT2D eigenvalue weighted by atomic mass is 79.9. The van der Waals surface area contributed by atoms with Gasteiger partial charge in [-0.15, -0.1) is 44.2 Å². The lowest BCUT2D eigenvalue weighted by Crippen LogP contribution is -2.28. The Morgan fingerprint density at radius 2 is 1.15 bits per heavy atom. The van der Waals surface area contributed by atoms with Crippen LogP contribution in [0.2, 0.25) is 0 Å². The van der Waals surface area contributed by atoms with Crippen molar-refractivity contribution in [3.8, 4) is 0 Å². The number of hydrogen-bond acceptors (Lipinski definition) is 5. The van der Waals surface area contributed by atoms with E-state index in [1.807, 2.05) is 36.4 Å². The van der Waals surface area contributed by atoms with Crippen LogP contribution >= 0.6 is 34.0 Å². The van der Waals surface area contributed by atoms with Gasteiger partial charge in [0.1, 0.15) is 0 Å². The van der Waals surface area contributed by atoms with Crippen molar-refractivity contribution in [2.45, 2.75) is 20.4 Å². The van der Waals surface area contributed by atoms with Crippen molar-refractivity contribution in [1.29, 1.82) is 0 Å². The molecule has 0 unspecified atom stereocenters. The number of anilines is 1. The van der Waals surface area contributed by atoms with Crippen LogP contribution in [0.25, 0.3) is 0 Å². The minimum Gasteiger partial charge on any atom is -0.369 e. The van der Waals surface area contributed by atoms with Gasteiger partial charge in [0.15, 0.2) is 0 Å². The number of carbonyl (C=O) groups excluding carboxylic acids is 1. The van der Waals surface area contributed by atoms with Crippen molar-refractivity contribution in [3.63, 3.8) is 0 Å². The fourth-order valence-corrected chi connectivity index (χ4v) is 2.40. The van der Waals surface area contributed by atoms with Gasteiger partial charge in [-0.3, -0.25) is 0 Å². The number of amides is 2. The topological polar surface area (TPSA) is 195 Å². The standard InChI is InChI=1S/C20H26N10O.2BrH/c1-12(27-29-18(21)22)15-5-3-14(4-6-15)11-25-20(31)26-17-9-7-16(8-10-17)13(2)28-30-19(23)24;;/h3-10H,11H2,1-2H3,(H4,21,22,29)(H4,23,24,30)(H2,25,26,31);2*1H/b27-12+,28-13-;;. The molecule has 2 rings (SSSR count). The normalized spacial score (nSPS) is 10.7. The summed E-state index contributed by atoms with van der Waals surface area (Å²) >= 11 is 0. The summed E-state index contributed by atoms with van der Waals surface area (Å²) in [5.74, 6) is -0.215. The molecular weight excluding hydrogens is 556 g/mol. The second-order valence-electron chi connectivity index (χ2n) is 6.50. The van der Waals surface area contributed by atoms with Crippen molar-refractivity contribution >= 4 is 69.0 Å². The summed E-state index contributed by atoms with van der Waals surface area (Å²) in [6, 6.07) is 14.3. The third kappa shape index (κ3) is 10.6. The summed E-state index contributed by atoms with van der Waals surface area (Å²) in [5, 5.41) is 20.7. The Morgan fingerprint density at radius 1 is 0.727 bits per heavy atom. The maximum Gasteiger partial charge on any atom is 0.319 e. The molecule has 2 aromatic rings. The van der Waals surface area contributed by atoms with Crippen LogP contribution in [0.5, 0.6) is 0 Å². The molecular formula is C20H28Br2N10O. The van der Waals surface area contributed by atoms with E-state index in [0.717, 1.165) is 16.7 Å². The third-order valence-corrected chi connectivity index (χ3v) is 4.02. The number of hydrogen-bond donors (Lipinski definition) is 6. The van der Waals surface area contributed by atoms with Crippen molar-refractivity contribution in [3.05, 3.63) is 65.2 Å². The molecule has 0 heterocycles. The van der Waals surface area contributed by atoms with Crippen LogP contribution in [-0.2, 0) is 6.54 Å². The van der Waals surface area contributed by atoms with E-state index in [4.69, 9.17) is 22.9 Å². The molecule has 11 nitrogen and oxygen atoms in total. The molecule has 13 heteroatoms. The summed E-state index contributed by atoms with van der Waals surface area (Å²) in [6.45, 7) is 3.94. The molecule has 0 bridgehead atoms. The third-order valence-electron chi connectivity index (χ3n) is 4.02. The Hall–Kier alpha value is -3.45. The van der Waals surface area contributed by atoms with E-state index in [1.165, 1.54) is 0 Å². The van der Waals surface area contributed by atoms with E-state index < -0.39 is 0 Å². The highest BCUT2D eigenvalue weighted by molar-refractivity contribution is 8.93. The van der Waals surface area contributed by atoms with Gasteiger partial charge in [0.25, 0.3) is 0 Å². The Kier molecular flexibility index (Phi) is 13.1. The molecule has 0 aromatic heterocycles. The molecule has 0 aliphatic carbocycles. The molecule has 0 atom stereocenters. The van der Waals surface area contributed by atoms with Crippen LogP contribution in [0.4, 0.5) is 10.5 Å². The molecule has 10 N–H and O–H groups in total. The van der Waals surface area contributed by atoms with Crippen LogP contribution in [0, 0.1) is 0 Å². The number of nitrogens with one attached hydrogen (secondary N) is 2. The fourth-order valence-electron chi connectivity index (χ4n) is 2.40. The molecule has 2 amide bonds. The van der Waals surface area contributed by atoms with Crippen LogP contribution in [0.3, 0.4) is 0 Å².